The van der Waals surface area contributed by atoms with Crippen LogP contribution in [0.15, 0.2) is 36.4 Å². The van der Waals surface area contributed by atoms with E-state index in [1.165, 1.54) is 0 Å². The van der Waals surface area contributed by atoms with Crippen LogP contribution in [0.4, 0.5) is 8.78 Å². The maximum atomic E-state index is 13.6. The zero-order valence-corrected chi connectivity index (χ0v) is 11.9. The Morgan fingerprint density at radius 2 is 1.82 bits per heavy atom. The zero-order valence-electron chi connectivity index (χ0n) is 11.9. The van der Waals surface area contributed by atoms with Gasteiger partial charge in [-0.3, -0.25) is 4.79 Å². The van der Waals surface area contributed by atoms with Gasteiger partial charge in [-0.15, -0.1) is 0 Å². The first kappa shape index (κ1) is 15.9. The lowest BCUT2D eigenvalue weighted by atomic mass is 10.1. The molecule has 0 unspecified atom stereocenters. The molecule has 0 aliphatic rings. The van der Waals surface area contributed by atoms with Gasteiger partial charge in [0.1, 0.15) is 22.9 Å². The Balaban J connectivity index is 2.04. The van der Waals surface area contributed by atoms with Gasteiger partial charge in [-0.2, -0.15) is 0 Å². The zero-order chi connectivity index (χ0) is 16.1. The number of halogens is 2. The Morgan fingerprint density at radius 3 is 2.41 bits per heavy atom. The summed E-state index contributed by atoms with van der Waals surface area (Å²) in [4.78, 5) is 11.9. The predicted molar refractivity (Wildman–Crippen MR) is 76.3 cm³/mol. The second kappa shape index (κ2) is 7.00. The molecule has 0 bridgehead atoms. The summed E-state index contributed by atoms with van der Waals surface area (Å²) >= 11 is 0. The summed E-state index contributed by atoms with van der Waals surface area (Å²) in [6.45, 7) is 0.643. The van der Waals surface area contributed by atoms with Crippen molar-refractivity contribution in [2.24, 2.45) is 0 Å². The van der Waals surface area contributed by atoms with Crippen molar-refractivity contribution in [2.75, 3.05) is 7.11 Å². The second-order valence-electron chi connectivity index (χ2n) is 4.71. The van der Waals surface area contributed by atoms with Crippen LogP contribution in [0.5, 0.6) is 5.75 Å². The first-order chi connectivity index (χ1) is 10.5. The van der Waals surface area contributed by atoms with E-state index in [1.807, 2.05) is 12.1 Å². The molecular formula is C16H15F2NO3. The number of methoxy groups -OCH3 is 1. The fourth-order valence-electron chi connectivity index (χ4n) is 1.98. The SMILES string of the molecule is COCc1ccc(CNC(=O)c2c(O)cc(F)cc2F)cc1. The highest BCUT2D eigenvalue weighted by Gasteiger charge is 2.18. The van der Waals surface area contributed by atoms with Crippen molar-refractivity contribution in [1.29, 1.82) is 0 Å². The average molecular weight is 307 g/mol. The van der Waals surface area contributed by atoms with Crippen LogP contribution in [0.3, 0.4) is 0 Å². The van der Waals surface area contributed by atoms with E-state index in [1.54, 1.807) is 19.2 Å². The molecule has 0 saturated heterocycles. The highest BCUT2D eigenvalue weighted by Crippen LogP contribution is 2.22. The van der Waals surface area contributed by atoms with Crippen LogP contribution in [0.25, 0.3) is 0 Å². The number of aromatic hydroxyl groups is 1. The maximum absolute atomic E-state index is 13.6. The van der Waals surface area contributed by atoms with E-state index < -0.39 is 28.9 Å². The van der Waals surface area contributed by atoms with Crippen LogP contribution >= 0.6 is 0 Å². The Morgan fingerprint density at radius 1 is 1.18 bits per heavy atom. The summed E-state index contributed by atoms with van der Waals surface area (Å²) in [7, 11) is 1.60. The number of carbonyl (C=O) groups is 1. The molecule has 2 aromatic carbocycles. The number of hydrogen-bond donors (Lipinski definition) is 2. The van der Waals surface area contributed by atoms with E-state index in [0.29, 0.717) is 18.7 Å². The molecule has 4 nitrogen and oxygen atoms in total. The van der Waals surface area contributed by atoms with Gasteiger partial charge in [0.05, 0.1) is 6.61 Å². The van der Waals surface area contributed by atoms with E-state index in [0.717, 1.165) is 11.1 Å². The number of phenolic OH excluding ortho intramolecular Hbond substituents is 1. The van der Waals surface area contributed by atoms with Crippen molar-refractivity contribution in [1.82, 2.24) is 5.32 Å². The highest BCUT2D eigenvalue weighted by atomic mass is 19.1. The van der Waals surface area contributed by atoms with E-state index in [4.69, 9.17) is 4.74 Å². The highest BCUT2D eigenvalue weighted by molar-refractivity contribution is 5.97. The molecule has 0 radical (unpaired) electrons. The minimum atomic E-state index is -1.11. The van der Waals surface area contributed by atoms with Gasteiger partial charge in [-0.25, -0.2) is 8.78 Å². The molecular weight excluding hydrogens is 292 g/mol. The van der Waals surface area contributed by atoms with Crippen LogP contribution in [0.1, 0.15) is 21.5 Å². The maximum Gasteiger partial charge on any atom is 0.258 e. The van der Waals surface area contributed by atoms with Crippen molar-refractivity contribution < 1.29 is 23.4 Å². The smallest absolute Gasteiger partial charge is 0.258 e. The molecule has 0 aliphatic heterocycles. The van der Waals surface area contributed by atoms with Gasteiger partial charge < -0.3 is 15.2 Å². The molecule has 6 heteroatoms. The van der Waals surface area contributed by atoms with Gasteiger partial charge >= 0.3 is 0 Å². The minimum absolute atomic E-state index is 0.155. The minimum Gasteiger partial charge on any atom is -0.507 e. The monoisotopic (exact) mass is 307 g/mol. The number of rotatable bonds is 5. The summed E-state index contributed by atoms with van der Waals surface area (Å²) in [5.41, 5.74) is 1.22. The van der Waals surface area contributed by atoms with Gasteiger partial charge in [0, 0.05) is 25.8 Å². The van der Waals surface area contributed by atoms with Gasteiger partial charge in [-0.1, -0.05) is 24.3 Å². The van der Waals surface area contributed by atoms with Crippen LogP contribution in [0.2, 0.25) is 0 Å². The number of ether oxygens (including phenoxy) is 1. The van der Waals surface area contributed by atoms with E-state index >= 15 is 0 Å². The summed E-state index contributed by atoms with van der Waals surface area (Å²) in [6, 6.07) is 8.54. The summed E-state index contributed by atoms with van der Waals surface area (Å²) < 4.78 is 31.4. The fourth-order valence-corrected chi connectivity index (χ4v) is 1.98. The average Bonchev–Trinajstić information content (AvgIpc) is 2.46. The van der Waals surface area contributed by atoms with Crippen molar-refractivity contribution in [3.63, 3.8) is 0 Å². The van der Waals surface area contributed by atoms with Crippen molar-refractivity contribution in [3.8, 4) is 5.75 Å². The molecule has 0 heterocycles. The molecule has 2 aromatic rings. The Bertz CT molecular complexity index is 649. The van der Waals surface area contributed by atoms with Gasteiger partial charge in [0.25, 0.3) is 5.91 Å². The van der Waals surface area contributed by atoms with E-state index in [9.17, 15) is 18.7 Å². The topological polar surface area (TPSA) is 58.6 Å². The lowest BCUT2D eigenvalue weighted by Gasteiger charge is -2.09. The van der Waals surface area contributed by atoms with Crippen molar-refractivity contribution >= 4 is 5.91 Å². The first-order valence-electron chi connectivity index (χ1n) is 6.54. The third-order valence-electron chi connectivity index (χ3n) is 3.05. The molecule has 116 valence electrons. The molecule has 2 N–H and O–H groups in total. The predicted octanol–water partition coefficient (Wildman–Crippen LogP) is 2.75. The number of hydrogen-bond acceptors (Lipinski definition) is 3. The normalized spacial score (nSPS) is 10.5. The molecule has 0 saturated carbocycles. The quantitative estimate of drug-likeness (QED) is 0.893. The summed E-state index contributed by atoms with van der Waals surface area (Å²) in [6.07, 6.45) is 0. The van der Waals surface area contributed by atoms with Crippen LogP contribution in [-0.4, -0.2) is 18.1 Å². The van der Waals surface area contributed by atoms with Gasteiger partial charge in [0.15, 0.2) is 0 Å². The second-order valence-corrected chi connectivity index (χ2v) is 4.71. The number of amides is 1. The molecule has 0 fully saturated rings. The third kappa shape index (κ3) is 3.79. The molecule has 0 aromatic heterocycles. The third-order valence-corrected chi connectivity index (χ3v) is 3.05. The molecule has 2 rings (SSSR count). The van der Waals surface area contributed by atoms with Crippen LogP contribution < -0.4 is 5.32 Å². The molecule has 0 atom stereocenters. The van der Waals surface area contributed by atoms with E-state index in [-0.39, 0.29) is 6.54 Å². The lowest BCUT2D eigenvalue weighted by molar-refractivity contribution is 0.0944. The number of nitrogens with one attached hydrogen (secondary N) is 1. The Kier molecular flexibility index (Phi) is 5.06. The fraction of sp³-hybridized carbons (Fsp3) is 0.188. The van der Waals surface area contributed by atoms with Crippen molar-refractivity contribution in [2.45, 2.75) is 13.2 Å². The van der Waals surface area contributed by atoms with Gasteiger partial charge in [-0.05, 0) is 11.1 Å². The molecule has 1 amide bonds. The number of phenols is 1. The van der Waals surface area contributed by atoms with Crippen molar-refractivity contribution in [3.05, 3.63) is 64.7 Å². The largest absolute Gasteiger partial charge is 0.507 e. The molecule has 22 heavy (non-hydrogen) atoms. The van der Waals surface area contributed by atoms with E-state index in [2.05, 4.69) is 5.32 Å². The summed E-state index contributed by atoms with van der Waals surface area (Å²) in [5.74, 6) is -3.59. The van der Waals surface area contributed by atoms with Crippen LogP contribution in [-0.2, 0) is 17.9 Å². The lowest BCUT2D eigenvalue weighted by Crippen LogP contribution is -2.24. The Labute approximate surface area is 126 Å². The molecule has 0 aliphatic carbocycles. The number of benzene rings is 2. The number of carbonyl (C=O) groups excluding carboxylic acids is 1. The first-order valence-corrected chi connectivity index (χ1v) is 6.54. The van der Waals surface area contributed by atoms with Gasteiger partial charge in [0.2, 0.25) is 0 Å². The van der Waals surface area contributed by atoms with Crippen LogP contribution in [0, 0.1) is 11.6 Å². The molecule has 0 spiro atoms. The summed E-state index contributed by atoms with van der Waals surface area (Å²) in [5, 5.41) is 12.0. The Hall–Kier alpha value is -2.47. The standard InChI is InChI=1S/C16H15F2NO3/c1-22-9-11-4-2-10(3-5-11)8-19-16(21)15-13(18)6-12(17)7-14(15)20/h2-7,20H,8-9H2,1H3,(H,19,21).